The smallest absolute Gasteiger partial charge is 0.359 e. The quantitative estimate of drug-likeness (QED) is 0.248. The molecule has 9 nitrogen and oxygen atoms in total. The first-order valence-electron chi connectivity index (χ1n) is 11.8. The summed E-state index contributed by atoms with van der Waals surface area (Å²) < 4.78 is 58.4. The molecule has 3 heterocycles. The number of amides is 1. The van der Waals surface area contributed by atoms with Crippen LogP contribution >= 0.6 is 0 Å². The van der Waals surface area contributed by atoms with Crippen molar-refractivity contribution < 1.29 is 26.9 Å². The van der Waals surface area contributed by atoms with Crippen molar-refractivity contribution in [2.45, 2.75) is 25.4 Å². The van der Waals surface area contributed by atoms with Gasteiger partial charge in [0.2, 0.25) is 11.9 Å². The first kappa shape index (κ1) is 25.8. The van der Waals surface area contributed by atoms with Gasteiger partial charge in [-0.25, -0.2) is 14.4 Å². The summed E-state index contributed by atoms with van der Waals surface area (Å²) in [7, 11) is 1.84. The van der Waals surface area contributed by atoms with Crippen molar-refractivity contribution in [1.29, 1.82) is 0 Å². The van der Waals surface area contributed by atoms with Crippen LogP contribution in [0.3, 0.4) is 0 Å². The summed E-state index contributed by atoms with van der Waals surface area (Å²) >= 11 is 0. The second kappa shape index (κ2) is 10.5. The molecule has 0 unspecified atom stereocenters. The van der Waals surface area contributed by atoms with E-state index in [0.29, 0.717) is 22.9 Å². The van der Waals surface area contributed by atoms with Gasteiger partial charge >= 0.3 is 6.18 Å². The van der Waals surface area contributed by atoms with Crippen molar-refractivity contribution in [3.8, 4) is 11.1 Å². The number of aryl methyl sites for hydroxylation is 2. The zero-order chi connectivity index (χ0) is 27.6. The van der Waals surface area contributed by atoms with E-state index in [9.17, 15) is 22.4 Å². The van der Waals surface area contributed by atoms with E-state index >= 15 is 0 Å². The number of nitrogens with zero attached hydrogens (tertiary/aromatic N) is 5. The number of anilines is 3. The fourth-order valence-corrected chi connectivity index (χ4v) is 3.94. The molecule has 3 aromatic heterocycles. The highest BCUT2D eigenvalue weighted by molar-refractivity contribution is 5.92. The van der Waals surface area contributed by atoms with E-state index in [4.69, 9.17) is 4.52 Å². The summed E-state index contributed by atoms with van der Waals surface area (Å²) in [5.41, 5.74) is 2.15. The number of halogens is 4. The van der Waals surface area contributed by atoms with Crippen molar-refractivity contribution in [1.82, 2.24) is 24.9 Å². The molecule has 0 fully saturated rings. The van der Waals surface area contributed by atoms with Gasteiger partial charge in [0.15, 0.2) is 11.6 Å². The highest BCUT2D eigenvalue weighted by atomic mass is 19.4. The fourth-order valence-electron chi connectivity index (χ4n) is 3.94. The Morgan fingerprint density at radius 2 is 1.82 bits per heavy atom. The number of alkyl halides is 3. The zero-order valence-electron chi connectivity index (χ0n) is 20.5. The van der Waals surface area contributed by atoms with Gasteiger partial charge in [-0.3, -0.25) is 9.48 Å². The topological polar surface area (TPSA) is 111 Å². The number of hydrogen-bond donors (Lipinski definition) is 2. The molecule has 2 N–H and O–H groups in total. The summed E-state index contributed by atoms with van der Waals surface area (Å²) in [5, 5.41) is 14.4. The van der Waals surface area contributed by atoms with E-state index in [2.05, 4.69) is 30.9 Å². The van der Waals surface area contributed by atoms with Gasteiger partial charge in [0.25, 0.3) is 0 Å². The van der Waals surface area contributed by atoms with Crippen molar-refractivity contribution in [2.24, 2.45) is 7.05 Å². The van der Waals surface area contributed by atoms with Gasteiger partial charge in [-0.2, -0.15) is 18.3 Å². The SMILES string of the molecule is Cn1nc(Nc2ncc(-c3ccc(CC(=O)Nc4cc(CCC(F)(F)F)on4)c(F)c3)cn2)c2ccccc21. The lowest BCUT2D eigenvalue weighted by Gasteiger charge is -2.07. The average Bonchev–Trinajstić information content (AvgIpc) is 3.48. The van der Waals surface area contributed by atoms with Crippen molar-refractivity contribution in [3.63, 3.8) is 0 Å². The Hall–Kier alpha value is -4.81. The Bertz CT molecular complexity index is 1630. The standard InChI is InChI=1S/C26H21F4N7O2/c1-37-21-5-3-2-4-19(21)24(35-37)34-25-31-13-17(14-32-25)15-6-7-16(20(27)10-15)11-23(38)33-22-12-18(39-36-22)8-9-26(28,29)30/h2-7,10,12-14H,8-9,11H2,1H3,(H,33,36,38)(H,31,32,34,35). The van der Waals surface area contributed by atoms with E-state index < -0.39 is 30.7 Å². The van der Waals surface area contributed by atoms with E-state index in [1.807, 2.05) is 31.3 Å². The van der Waals surface area contributed by atoms with E-state index in [0.717, 1.165) is 10.9 Å². The molecule has 0 bridgehead atoms. The van der Waals surface area contributed by atoms with E-state index in [-0.39, 0.29) is 23.6 Å². The first-order chi connectivity index (χ1) is 18.6. The molecule has 0 aliphatic heterocycles. The third-order valence-corrected chi connectivity index (χ3v) is 5.86. The number of rotatable bonds is 8. The Morgan fingerprint density at radius 1 is 1.05 bits per heavy atom. The Labute approximate surface area is 218 Å². The zero-order valence-corrected chi connectivity index (χ0v) is 20.5. The van der Waals surface area contributed by atoms with Gasteiger partial charge in [0, 0.05) is 42.9 Å². The number of benzene rings is 2. The Kier molecular flexibility index (Phi) is 6.96. The van der Waals surface area contributed by atoms with Crippen LogP contribution in [0.15, 0.2) is 65.4 Å². The number of nitrogens with one attached hydrogen (secondary N) is 2. The van der Waals surface area contributed by atoms with Gasteiger partial charge in [-0.15, -0.1) is 0 Å². The number of para-hydroxylation sites is 1. The van der Waals surface area contributed by atoms with Crippen molar-refractivity contribution in [3.05, 3.63) is 78.1 Å². The second-order valence-electron chi connectivity index (χ2n) is 8.73. The molecule has 5 rings (SSSR count). The summed E-state index contributed by atoms with van der Waals surface area (Å²) in [6.45, 7) is 0. The predicted molar refractivity (Wildman–Crippen MR) is 135 cm³/mol. The van der Waals surface area contributed by atoms with Crippen LogP contribution in [0.25, 0.3) is 22.0 Å². The highest BCUT2D eigenvalue weighted by Gasteiger charge is 2.27. The molecule has 0 saturated heterocycles. The molecular weight excluding hydrogens is 518 g/mol. The van der Waals surface area contributed by atoms with E-state index in [1.165, 1.54) is 18.2 Å². The second-order valence-corrected chi connectivity index (χ2v) is 8.73. The van der Waals surface area contributed by atoms with Crippen LogP contribution in [-0.4, -0.2) is 37.0 Å². The maximum Gasteiger partial charge on any atom is 0.389 e. The number of carbonyl (C=O) groups is 1. The summed E-state index contributed by atoms with van der Waals surface area (Å²) in [6.07, 6.45) is -3.03. The molecule has 0 radical (unpaired) electrons. The summed E-state index contributed by atoms with van der Waals surface area (Å²) in [5.74, 6) is -0.342. The molecule has 200 valence electrons. The third-order valence-electron chi connectivity index (χ3n) is 5.86. The molecule has 39 heavy (non-hydrogen) atoms. The van der Waals surface area contributed by atoms with Crippen molar-refractivity contribution >= 4 is 34.4 Å². The van der Waals surface area contributed by atoms with Crippen molar-refractivity contribution in [2.75, 3.05) is 10.6 Å². The lowest BCUT2D eigenvalue weighted by atomic mass is 10.0. The number of aromatic nitrogens is 5. The molecule has 0 atom stereocenters. The normalized spacial score (nSPS) is 11.6. The molecule has 2 aromatic carbocycles. The summed E-state index contributed by atoms with van der Waals surface area (Å²) in [4.78, 5) is 20.9. The molecule has 1 amide bonds. The van der Waals surface area contributed by atoms with Crippen LogP contribution in [0.2, 0.25) is 0 Å². The third kappa shape index (κ3) is 6.20. The molecular formula is C26H21F4N7O2. The van der Waals surface area contributed by atoms with Gasteiger partial charge in [0.05, 0.1) is 18.4 Å². The van der Waals surface area contributed by atoms with Crippen LogP contribution < -0.4 is 10.6 Å². The van der Waals surface area contributed by atoms with Gasteiger partial charge in [-0.1, -0.05) is 29.4 Å². The van der Waals surface area contributed by atoms with Crippen LogP contribution in [0.4, 0.5) is 35.1 Å². The molecule has 0 spiro atoms. The molecule has 0 saturated carbocycles. The van der Waals surface area contributed by atoms with Crippen LogP contribution in [-0.2, 0) is 24.7 Å². The minimum atomic E-state index is -4.33. The Balaban J connectivity index is 1.21. The van der Waals surface area contributed by atoms with E-state index in [1.54, 1.807) is 23.1 Å². The maximum atomic E-state index is 14.8. The van der Waals surface area contributed by atoms with Gasteiger partial charge < -0.3 is 15.2 Å². The molecule has 13 heteroatoms. The lowest BCUT2D eigenvalue weighted by Crippen LogP contribution is -2.15. The van der Waals surface area contributed by atoms with Crippen LogP contribution in [0, 0.1) is 5.82 Å². The molecule has 0 aliphatic rings. The fraction of sp³-hybridized carbons (Fsp3) is 0.192. The minimum absolute atomic E-state index is 0.0185. The molecule has 5 aromatic rings. The predicted octanol–water partition coefficient (Wildman–Crippen LogP) is 5.58. The summed E-state index contributed by atoms with van der Waals surface area (Å²) in [6, 6.07) is 13.3. The first-order valence-corrected chi connectivity index (χ1v) is 11.8. The van der Waals surface area contributed by atoms with Gasteiger partial charge in [-0.05, 0) is 29.3 Å². The maximum absolute atomic E-state index is 14.8. The lowest BCUT2D eigenvalue weighted by molar-refractivity contribution is -0.134. The number of fused-ring (bicyclic) bond motifs is 1. The average molecular weight is 539 g/mol. The molecule has 0 aliphatic carbocycles. The largest absolute Gasteiger partial charge is 0.389 e. The Morgan fingerprint density at radius 3 is 2.56 bits per heavy atom. The highest BCUT2D eigenvalue weighted by Crippen LogP contribution is 2.26. The van der Waals surface area contributed by atoms with Gasteiger partial charge in [0.1, 0.15) is 11.6 Å². The number of carbonyl (C=O) groups excluding carboxylic acids is 1. The number of hydrogen-bond acceptors (Lipinski definition) is 7. The van der Waals surface area contributed by atoms with Crippen LogP contribution in [0.1, 0.15) is 17.7 Å². The minimum Gasteiger partial charge on any atom is -0.359 e. The van der Waals surface area contributed by atoms with Crippen LogP contribution in [0.5, 0.6) is 0 Å². The monoisotopic (exact) mass is 539 g/mol.